The van der Waals surface area contributed by atoms with E-state index in [9.17, 15) is 18.0 Å². The average Bonchev–Trinajstić information content (AvgIpc) is 2.18. The Balaban J connectivity index is 2.28. The summed E-state index contributed by atoms with van der Waals surface area (Å²) in [5.74, 6) is 0.298. The van der Waals surface area contributed by atoms with Gasteiger partial charge in [-0.05, 0) is 18.8 Å². The van der Waals surface area contributed by atoms with E-state index in [1.807, 2.05) is 6.92 Å². The Morgan fingerprint density at radius 2 is 2.00 bits per heavy atom. The lowest BCUT2D eigenvalue weighted by molar-refractivity contribution is -0.160. The zero-order valence-electron chi connectivity index (χ0n) is 9.14. The highest BCUT2D eigenvalue weighted by atomic mass is 19.4. The highest BCUT2D eigenvalue weighted by Gasteiger charge is 2.30. The van der Waals surface area contributed by atoms with Crippen molar-refractivity contribution >= 4 is 6.09 Å². The van der Waals surface area contributed by atoms with Crippen molar-refractivity contribution in [2.24, 2.45) is 5.92 Å². The number of nitrogens with one attached hydrogen (secondary N) is 1. The van der Waals surface area contributed by atoms with E-state index in [2.05, 4.69) is 10.1 Å². The smallest absolute Gasteiger partial charge is 0.422 e. The molecule has 1 saturated carbocycles. The van der Waals surface area contributed by atoms with Crippen LogP contribution in [0.15, 0.2) is 0 Å². The van der Waals surface area contributed by atoms with Gasteiger partial charge in [0.25, 0.3) is 0 Å². The van der Waals surface area contributed by atoms with Gasteiger partial charge in [0, 0.05) is 6.04 Å². The number of hydrogen-bond acceptors (Lipinski definition) is 2. The van der Waals surface area contributed by atoms with E-state index >= 15 is 0 Å². The second-order valence-corrected chi connectivity index (χ2v) is 4.20. The number of carbonyl (C=O) groups is 1. The fraction of sp³-hybridized carbons (Fsp3) is 0.900. The molecular weight excluding hydrogens is 223 g/mol. The van der Waals surface area contributed by atoms with E-state index in [-0.39, 0.29) is 6.04 Å². The monoisotopic (exact) mass is 239 g/mol. The summed E-state index contributed by atoms with van der Waals surface area (Å²) in [4.78, 5) is 11.1. The molecule has 1 N–H and O–H groups in total. The molecule has 0 heterocycles. The molecule has 0 aromatic rings. The van der Waals surface area contributed by atoms with Gasteiger partial charge in [0.2, 0.25) is 0 Å². The molecule has 1 aliphatic rings. The van der Waals surface area contributed by atoms with Gasteiger partial charge in [0.1, 0.15) is 0 Å². The van der Waals surface area contributed by atoms with Gasteiger partial charge in [0.05, 0.1) is 0 Å². The van der Waals surface area contributed by atoms with Crippen molar-refractivity contribution in [3.05, 3.63) is 0 Å². The van der Waals surface area contributed by atoms with Crippen LogP contribution in [0.5, 0.6) is 0 Å². The van der Waals surface area contributed by atoms with Crippen molar-refractivity contribution in [3.63, 3.8) is 0 Å². The van der Waals surface area contributed by atoms with Gasteiger partial charge in [-0.25, -0.2) is 4.79 Å². The summed E-state index contributed by atoms with van der Waals surface area (Å²) in [6.45, 7) is 0.452. The van der Waals surface area contributed by atoms with E-state index in [1.165, 1.54) is 0 Å². The normalized spacial score (nSPS) is 26.2. The van der Waals surface area contributed by atoms with E-state index in [4.69, 9.17) is 0 Å². The molecule has 0 aromatic heterocycles. The lowest BCUT2D eigenvalue weighted by Crippen LogP contribution is -2.42. The molecule has 0 aliphatic heterocycles. The molecule has 0 aromatic carbocycles. The fourth-order valence-corrected chi connectivity index (χ4v) is 1.87. The number of hydrogen-bond donors (Lipinski definition) is 1. The number of amides is 1. The minimum absolute atomic E-state index is 0.0607. The second kappa shape index (κ2) is 5.41. The Morgan fingerprint density at radius 1 is 1.38 bits per heavy atom. The first-order valence-corrected chi connectivity index (χ1v) is 5.38. The van der Waals surface area contributed by atoms with Crippen LogP contribution >= 0.6 is 0 Å². The number of alkyl carbamates (subject to hydrolysis) is 1. The first-order chi connectivity index (χ1) is 7.38. The molecule has 6 heteroatoms. The molecule has 1 amide bonds. The van der Waals surface area contributed by atoms with Crippen LogP contribution in [0.1, 0.15) is 32.6 Å². The minimum Gasteiger partial charge on any atom is -0.440 e. The first-order valence-electron chi connectivity index (χ1n) is 5.38. The molecule has 2 unspecified atom stereocenters. The highest BCUT2D eigenvalue weighted by Crippen LogP contribution is 2.23. The Labute approximate surface area is 92.3 Å². The Bertz CT molecular complexity index is 243. The van der Waals surface area contributed by atoms with Crippen LogP contribution in [-0.4, -0.2) is 24.9 Å². The van der Waals surface area contributed by atoms with E-state index in [1.54, 1.807) is 0 Å². The predicted molar refractivity (Wildman–Crippen MR) is 52.0 cm³/mol. The maximum atomic E-state index is 11.8. The third-order valence-electron chi connectivity index (χ3n) is 2.78. The largest absolute Gasteiger partial charge is 0.440 e. The summed E-state index contributed by atoms with van der Waals surface area (Å²) in [5.41, 5.74) is 0. The molecular formula is C10H16F3NO2. The van der Waals surface area contributed by atoms with Crippen LogP contribution in [0, 0.1) is 5.92 Å². The average molecular weight is 239 g/mol. The van der Waals surface area contributed by atoms with Crippen LogP contribution in [0.2, 0.25) is 0 Å². The van der Waals surface area contributed by atoms with Crippen molar-refractivity contribution in [3.8, 4) is 0 Å². The summed E-state index contributed by atoms with van der Waals surface area (Å²) in [6.07, 6.45) is -1.54. The molecule has 2 atom stereocenters. The maximum Gasteiger partial charge on any atom is 0.422 e. The quantitative estimate of drug-likeness (QED) is 0.804. The highest BCUT2D eigenvalue weighted by molar-refractivity contribution is 5.67. The van der Waals surface area contributed by atoms with Crippen molar-refractivity contribution in [2.75, 3.05) is 6.61 Å². The number of halogens is 3. The molecule has 16 heavy (non-hydrogen) atoms. The van der Waals surface area contributed by atoms with Gasteiger partial charge in [-0.2, -0.15) is 13.2 Å². The van der Waals surface area contributed by atoms with E-state index in [0.717, 1.165) is 25.7 Å². The van der Waals surface area contributed by atoms with Gasteiger partial charge in [-0.3, -0.25) is 0 Å². The van der Waals surface area contributed by atoms with E-state index < -0.39 is 18.9 Å². The number of carbonyl (C=O) groups excluding carboxylic acids is 1. The molecule has 0 spiro atoms. The third-order valence-corrected chi connectivity index (χ3v) is 2.78. The number of alkyl halides is 3. The molecule has 0 bridgehead atoms. The fourth-order valence-electron chi connectivity index (χ4n) is 1.87. The van der Waals surface area contributed by atoms with Crippen LogP contribution in [0.4, 0.5) is 18.0 Å². The summed E-state index contributed by atoms with van der Waals surface area (Å²) in [6, 6.07) is -0.0607. The summed E-state index contributed by atoms with van der Waals surface area (Å²) >= 11 is 0. The Kier molecular flexibility index (Phi) is 4.44. The zero-order valence-corrected chi connectivity index (χ0v) is 9.14. The van der Waals surface area contributed by atoms with Gasteiger partial charge in [-0.1, -0.05) is 19.8 Å². The molecule has 0 saturated heterocycles. The molecule has 1 aliphatic carbocycles. The molecule has 0 radical (unpaired) electrons. The lowest BCUT2D eigenvalue weighted by Gasteiger charge is -2.29. The Hall–Kier alpha value is -0.940. The van der Waals surface area contributed by atoms with Crippen molar-refractivity contribution in [2.45, 2.75) is 44.8 Å². The van der Waals surface area contributed by atoms with Crippen LogP contribution in [-0.2, 0) is 4.74 Å². The Morgan fingerprint density at radius 3 is 2.56 bits per heavy atom. The second-order valence-electron chi connectivity index (χ2n) is 4.20. The lowest BCUT2D eigenvalue weighted by atomic mass is 9.86. The van der Waals surface area contributed by atoms with Crippen LogP contribution in [0.3, 0.4) is 0 Å². The van der Waals surface area contributed by atoms with Gasteiger partial charge < -0.3 is 10.1 Å². The topological polar surface area (TPSA) is 38.3 Å². The van der Waals surface area contributed by atoms with Gasteiger partial charge in [-0.15, -0.1) is 0 Å². The molecule has 3 nitrogen and oxygen atoms in total. The van der Waals surface area contributed by atoms with Gasteiger partial charge >= 0.3 is 12.3 Å². The maximum absolute atomic E-state index is 11.8. The van der Waals surface area contributed by atoms with Crippen LogP contribution < -0.4 is 5.32 Å². The predicted octanol–water partition coefficient (Wildman–Crippen LogP) is 2.85. The minimum atomic E-state index is -4.46. The van der Waals surface area contributed by atoms with Crippen LogP contribution in [0.25, 0.3) is 0 Å². The van der Waals surface area contributed by atoms with Crippen molar-refractivity contribution in [1.82, 2.24) is 5.32 Å². The SMILES string of the molecule is CC1CCCCC1NC(=O)OCC(F)(F)F. The van der Waals surface area contributed by atoms with E-state index in [0.29, 0.717) is 5.92 Å². The summed E-state index contributed by atoms with van der Waals surface area (Å²) in [7, 11) is 0. The standard InChI is InChI=1S/C10H16F3NO2/c1-7-4-2-3-5-8(7)14-9(15)16-6-10(11,12)13/h7-8H,2-6H2,1H3,(H,14,15). The summed E-state index contributed by atoms with van der Waals surface area (Å²) in [5, 5.41) is 2.48. The third kappa shape index (κ3) is 4.72. The number of ether oxygens (including phenoxy) is 1. The zero-order chi connectivity index (χ0) is 12.2. The molecule has 1 fully saturated rings. The molecule has 1 rings (SSSR count). The van der Waals surface area contributed by atoms with Gasteiger partial charge in [0.15, 0.2) is 6.61 Å². The van der Waals surface area contributed by atoms with Crippen molar-refractivity contribution in [1.29, 1.82) is 0 Å². The summed E-state index contributed by atoms with van der Waals surface area (Å²) < 4.78 is 39.4. The van der Waals surface area contributed by atoms with Crippen molar-refractivity contribution < 1.29 is 22.7 Å². The number of rotatable bonds is 2. The first kappa shape index (κ1) is 13.1. The molecule has 94 valence electrons.